The highest BCUT2D eigenvalue weighted by atomic mass is 19.3. The van der Waals surface area contributed by atoms with Crippen molar-refractivity contribution in [1.29, 1.82) is 0 Å². The van der Waals surface area contributed by atoms with E-state index in [0.29, 0.717) is 13.2 Å². The summed E-state index contributed by atoms with van der Waals surface area (Å²) in [5.74, 6) is 0.186. The Morgan fingerprint density at radius 2 is 1.89 bits per heavy atom. The molecule has 0 radical (unpaired) electrons. The van der Waals surface area contributed by atoms with Gasteiger partial charge in [0.1, 0.15) is 5.75 Å². The number of rotatable bonds is 8. The second-order valence-corrected chi connectivity index (χ2v) is 3.96. The zero-order valence-electron chi connectivity index (χ0n) is 10.7. The Kier molecular flexibility index (Phi) is 6.60. The van der Waals surface area contributed by atoms with Gasteiger partial charge in [0.05, 0.1) is 6.61 Å². The van der Waals surface area contributed by atoms with Crippen molar-refractivity contribution in [2.24, 2.45) is 0 Å². The predicted molar refractivity (Wildman–Crippen MR) is 65.9 cm³/mol. The molecular formula is C13H19F2NO2. The van der Waals surface area contributed by atoms with Crippen molar-refractivity contribution in [3.05, 3.63) is 29.8 Å². The maximum Gasteiger partial charge on any atom is 0.387 e. The summed E-state index contributed by atoms with van der Waals surface area (Å²) in [6, 6.07) is 6.68. The third-order valence-electron chi connectivity index (χ3n) is 2.42. The van der Waals surface area contributed by atoms with E-state index in [-0.39, 0.29) is 5.75 Å². The molecule has 3 nitrogen and oxygen atoms in total. The molecule has 1 aromatic carbocycles. The Balaban J connectivity index is 2.38. The number of likely N-dealkylation sites (N-methyl/N-ethyl adjacent to an activating group) is 1. The molecule has 0 N–H and O–H groups in total. The van der Waals surface area contributed by atoms with Gasteiger partial charge in [0.15, 0.2) is 0 Å². The minimum Gasteiger partial charge on any atom is -0.435 e. The van der Waals surface area contributed by atoms with E-state index in [4.69, 9.17) is 4.74 Å². The van der Waals surface area contributed by atoms with Crippen LogP contribution in [0.25, 0.3) is 0 Å². The number of halogens is 2. The maximum atomic E-state index is 12.0. The lowest BCUT2D eigenvalue weighted by atomic mass is 10.2. The SMILES string of the molecule is CCOCCN(C)Cc1ccc(OC(F)F)cc1. The van der Waals surface area contributed by atoms with E-state index in [1.807, 2.05) is 14.0 Å². The van der Waals surface area contributed by atoms with Gasteiger partial charge >= 0.3 is 6.61 Å². The van der Waals surface area contributed by atoms with Crippen LogP contribution < -0.4 is 4.74 Å². The third-order valence-corrected chi connectivity index (χ3v) is 2.42. The standard InChI is InChI=1S/C13H19F2NO2/c1-3-17-9-8-16(2)10-11-4-6-12(7-5-11)18-13(14)15/h4-7,13H,3,8-10H2,1-2H3. The van der Waals surface area contributed by atoms with E-state index < -0.39 is 6.61 Å². The Morgan fingerprint density at radius 3 is 2.44 bits per heavy atom. The van der Waals surface area contributed by atoms with Gasteiger partial charge in [-0.1, -0.05) is 12.1 Å². The van der Waals surface area contributed by atoms with Gasteiger partial charge < -0.3 is 9.47 Å². The first kappa shape index (κ1) is 14.9. The van der Waals surface area contributed by atoms with Crippen molar-refractivity contribution in [2.75, 3.05) is 26.8 Å². The number of benzene rings is 1. The zero-order chi connectivity index (χ0) is 13.4. The summed E-state index contributed by atoms with van der Waals surface area (Å²) in [6.07, 6.45) is 0. The molecule has 0 spiro atoms. The van der Waals surface area contributed by atoms with Gasteiger partial charge in [0.25, 0.3) is 0 Å². The van der Waals surface area contributed by atoms with E-state index in [1.165, 1.54) is 0 Å². The molecule has 0 saturated carbocycles. The highest BCUT2D eigenvalue weighted by Crippen LogP contribution is 2.15. The van der Waals surface area contributed by atoms with Crippen LogP contribution in [0.15, 0.2) is 24.3 Å². The minimum absolute atomic E-state index is 0.186. The van der Waals surface area contributed by atoms with Crippen molar-refractivity contribution in [3.8, 4) is 5.75 Å². The van der Waals surface area contributed by atoms with Gasteiger partial charge in [0, 0.05) is 19.7 Å². The van der Waals surface area contributed by atoms with Crippen molar-refractivity contribution in [2.45, 2.75) is 20.1 Å². The highest BCUT2D eigenvalue weighted by molar-refractivity contribution is 5.27. The zero-order valence-corrected chi connectivity index (χ0v) is 10.7. The lowest BCUT2D eigenvalue weighted by Crippen LogP contribution is -2.22. The number of alkyl halides is 2. The van der Waals surface area contributed by atoms with Crippen LogP contribution in [-0.4, -0.2) is 38.3 Å². The molecule has 5 heteroatoms. The number of nitrogens with zero attached hydrogens (tertiary/aromatic N) is 1. The van der Waals surface area contributed by atoms with Crippen molar-refractivity contribution in [3.63, 3.8) is 0 Å². The molecule has 0 aliphatic rings. The first-order chi connectivity index (χ1) is 8.61. The van der Waals surface area contributed by atoms with Gasteiger partial charge in [-0.3, -0.25) is 4.90 Å². The molecule has 0 unspecified atom stereocenters. The average molecular weight is 259 g/mol. The lowest BCUT2D eigenvalue weighted by Gasteiger charge is -2.16. The van der Waals surface area contributed by atoms with Crippen LogP contribution in [0.3, 0.4) is 0 Å². The van der Waals surface area contributed by atoms with Crippen LogP contribution >= 0.6 is 0 Å². The third kappa shape index (κ3) is 5.93. The fraction of sp³-hybridized carbons (Fsp3) is 0.538. The summed E-state index contributed by atoms with van der Waals surface area (Å²) in [7, 11) is 1.99. The first-order valence-corrected chi connectivity index (χ1v) is 5.92. The monoisotopic (exact) mass is 259 g/mol. The van der Waals surface area contributed by atoms with E-state index in [2.05, 4.69) is 9.64 Å². The summed E-state index contributed by atoms with van der Waals surface area (Å²) in [6.45, 7) is 2.18. The smallest absolute Gasteiger partial charge is 0.387 e. The van der Waals surface area contributed by atoms with E-state index >= 15 is 0 Å². The maximum absolute atomic E-state index is 12.0. The molecule has 0 heterocycles. The van der Waals surface area contributed by atoms with Gasteiger partial charge in [0.2, 0.25) is 0 Å². The van der Waals surface area contributed by atoms with Gasteiger partial charge in [-0.05, 0) is 31.7 Å². The minimum atomic E-state index is -2.77. The molecule has 0 aliphatic carbocycles. The number of ether oxygens (including phenoxy) is 2. The molecule has 0 fully saturated rings. The van der Waals surface area contributed by atoms with E-state index in [0.717, 1.165) is 18.7 Å². The van der Waals surface area contributed by atoms with E-state index in [1.54, 1.807) is 24.3 Å². The molecule has 0 amide bonds. The summed E-state index contributed by atoms with van der Waals surface area (Å²) < 4.78 is 33.5. The molecule has 1 rings (SSSR count). The Morgan fingerprint density at radius 1 is 1.22 bits per heavy atom. The lowest BCUT2D eigenvalue weighted by molar-refractivity contribution is -0.0498. The topological polar surface area (TPSA) is 21.7 Å². The molecule has 18 heavy (non-hydrogen) atoms. The fourth-order valence-electron chi connectivity index (χ4n) is 1.53. The van der Waals surface area contributed by atoms with Crippen LogP contribution in [0.5, 0.6) is 5.75 Å². The quantitative estimate of drug-likeness (QED) is 0.670. The normalized spacial score (nSPS) is 11.2. The predicted octanol–water partition coefficient (Wildman–Crippen LogP) is 2.76. The molecule has 0 aliphatic heterocycles. The van der Waals surface area contributed by atoms with Crippen molar-refractivity contribution >= 4 is 0 Å². The average Bonchev–Trinajstić information content (AvgIpc) is 2.31. The Hall–Kier alpha value is -1.20. The molecule has 0 saturated heterocycles. The van der Waals surface area contributed by atoms with Crippen LogP contribution in [-0.2, 0) is 11.3 Å². The summed E-state index contributed by atoms with van der Waals surface area (Å²) in [5, 5.41) is 0. The molecule has 0 atom stereocenters. The van der Waals surface area contributed by atoms with Gasteiger partial charge in [-0.15, -0.1) is 0 Å². The van der Waals surface area contributed by atoms with Crippen molar-refractivity contribution in [1.82, 2.24) is 4.90 Å². The molecular weight excluding hydrogens is 240 g/mol. The second-order valence-electron chi connectivity index (χ2n) is 3.96. The van der Waals surface area contributed by atoms with E-state index in [9.17, 15) is 8.78 Å². The summed E-state index contributed by atoms with van der Waals surface area (Å²) >= 11 is 0. The van der Waals surface area contributed by atoms with Crippen molar-refractivity contribution < 1.29 is 18.3 Å². The Bertz CT molecular complexity index is 330. The van der Waals surface area contributed by atoms with Gasteiger partial charge in [-0.25, -0.2) is 0 Å². The summed E-state index contributed by atoms with van der Waals surface area (Å²) in [4.78, 5) is 2.11. The van der Waals surface area contributed by atoms with Crippen LogP contribution in [0.4, 0.5) is 8.78 Å². The first-order valence-electron chi connectivity index (χ1n) is 5.92. The number of hydrogen-bond donors (Lipinski definition) is 0. The summed E-state index contributed by atoms with van der Waals surface area (Å²) in [5.41, 5.74) is 1.05. The van der Waals surface area contributed by atoms with Crippen LogP contribution in [0, 0.1) is 0 Å². The highest BCUT2D eigenvalue weighted by Gasteiger charge is 2.04. The van der Waals surface area contributed by atoms with Crippen LogP contribution in [0.2, 0.25) is 0 Å². The van der Waals surface area contributed by atoms with Crippen LogP contribution in [0.1, 0.15) is 12.5 Å². The van der Waals surface area contributed by atoms with Gasteiger partial charge in [-0.2, -0.15) is 8.78 Å². The largest absolute Gasteiger partial charge is 0.435 e. The number of hydrogen-bond acceptors (Lipinski definition) is 3. The molecule has 0 aromatic heterocycles. The molecule has 0 bridgehead atoms. The fourth-order valence-corrected chi connectivity index (χ4v) is 1.53. The molecule has 102 valence electrons. The Labute approximate surface area is 106 Å². The molecule has 1 aromatic rings. The second kappa shape index (κ2) is 8.00.